The number of likely N-dealkylation sites (tertiary alicyclic amines) is 1. The van der Waals surface area contributed by atoms with Crippen LogP contribution in [0.2, 0.25) is 0 Å². The molecule has 1 fully saturated rings. The molecule has 4 rings (SSSR count). The van der Waals surface area contributed by atoms with Crippen molar-refractivity contribution in [3.05, 3.63) is 89.7 Å². The van der Waals surface area contributed by atoms with Gasteiger partial charge >= 0.3 is 0 Å². The minimum absolute atomic E-state index is 0.0113. The summed E-state index contributed by atoms with van der Waals surface area (Å²) in [6.45, 7) is 2.37. The first-order chi connectivity index (χ1) is 16.2. The highest BCUT2D eigenvalue weighted by Gasteiger charge is 2.34. The van der Waals surface area contributed by atoms with Crippen molar-refractivity contribution in [2.24, 2.45) is 5.92 Å². The fourth-order valence-electron chi connectivity index (χ4n) is 3.84. The minimum atomic E-state index is -3.97. The number of halogens is 1. The number of sulfonamides is 1. The SMILES string of the molecule is Cc1ccc(NC(=O)[C@H]2CC(=O)N(Cc3ccccc3)C2)cc1S(=O)(=O)Nc1ccc(F)cc1. The molecule has 0 saturated carbocycles. The molecule has 2 amide bonds. The van der Waals surface area contributed by atoms with Crippen LogP contribution in [0.5, 0.6) is 0 Å². The topological polar surface area (TPSA) is 95.6 Å². The molecule has 1 atom stereocenters. The molecule has 7 nitrogen and oxygen atoms in total. The van der Waals surface area contributed by atoms with Gasteiger partial charge in [-0.3, -0.25) is 14.3 Å². The smallest absolute Gasteiger partial charge is 0.262 e. The number of hydrogen-bond donors (Lipinski definition) is 2. The maximum absolute atomic E-state index is 13.1. The van der Waals surface area contributed by atoms with Gasteiger partial charge in [0.25, 0.3) is 10.0 Å². The molecule has 176 valence electrons. The fourth-order valence-corrected chi connectivity index (χ4v) is 5.17. The van der Waals surface area contributed by atoms with Gasteiger partial charge in [0.15, 0.2) is 0 Å². The Labute approximate surface area is 197 Å². The van der Waals surface area contributed by atoms with E-state index < -0.39 is 21.8 Å². The number of nitrogens with one attached hydrogen (secondary N) is 2. The van der Waals surface area contributed by atoms with E-state index >= 15 is 0 Å². The van der Waals surface area contributed by atoms with Gasteiger partial charge in [0.1, 0.15) is 5.82 Å². The third kappa shape index (κ3) is 5.43. The van der Waals surface area contributed by atoms with E-state index in [9.17, 15) is 22.4 Å². The molecule has 0 aliphatic carbocycles. The second-order valence-electron chi connectivity index (χ2n) is 8.24. The Bertz CT molecular complexity index is 1310. The largest absolute Gasteiger partial charge is 0.338 e. The van der Waals surface area contributed by atoms with Crippen LogP contribution in [-0.4, -0.2) is 31.7 Å². The summed E-state index contributed by atoms with van der Waals surface area (Å²) in [4.78, 5) is 26.9. The number of rotatable bonds is 7. The van der Waals surface area contributed by atoms with Crippen molar-refractivity contribution in [2.45, 2.75) is 24.8 Å². The monoisotopic (exact) mass is 481 g/mol. The summed E-state index contributed by atoms with van der Waals surface area (Å²) in [7, 11) is -3.97. The molecular formula is C25H24FN3O4S. The van der Waals surface area contributed by atoms with Gasteiger partial charge in [0.05, 0.1) is 10.8 Å². The molecule has 3 aromatic rings. The van der Waals surface area contributed by atoms with Gasteiger partial charge in [-0.05, 0) is 54.4 Å². The number of benzene rings is 3. The van der Waals surface area contributed by atoms with Crippen LogP contribution in [-0.2, 0) is 26.2 Å². The quantitative estimate of drug-likeness (QED) is 0.535. The van der Waals surface area contributed by atoms with Crippen LogP contribution >= 0.6 is 0 Å². The van der Waals surface area contributed by atoms with Crippen LogP contribution in [0, 0.1) is 18.7 Å². The van der Waals surface area contributed by atoms with E-state index in [1.807, 2.05) is 30.3 Å². The second-order valence-corrected chi connectivity index (χ2v) is 9.89. The van der Waals surface area contributed by atoms with Crippen LogP contribution in [0.3, 0.4) is 0 Å². The van der Waals surface area contributed by atoms with Crippen LogP contribution in [0.1, 0.15) is 17.5 Å². The van der Waals surface area contributed by atoms with Gasteiger partial charge in [-0.15, -0.1) is 0 Å². The lowest BCUT2D eigenvalue weighted by atomic mass is 10.1. The number of carbonyl (C=O) groups excluding carboxylic acids is 2. The molecule has 1 aliphatic rings. The number of hydrogen-bond acceptors (Lipinski definition) is 4. The number of carbonyl (C=O) groups is 2. The van der Waals surface area contributed by atoms with Gasteiger partial charge in [0.2, 0.25) is 11.8 Å². The van der Waals surface area contributed by atoms with Crippen molar-refractivity contribution in [2.75, 3.05) is 16.6 Å². The molecular weight excluding hydrogens is 457 g/mol. The number of amides is 2. The van der Waals surface area contributed by atoms with Crippen LogP contribution in [0.15, 0.2) is 77.7 Å². The van der Waals surface area contributed by atoms with Crippen molar-refractivity contribution in [3.63, 3.8) is 0 Å². The molecule has 34 heavy (non-hydrogen) atoms. The van der Waals surface area contributed by atoms with Gasteiger partial charge in [0, 0.05) is 30.9 Å². The van der Waals surface area contributed by atoms with E-state index in [0.717, 1.165) is 17.7 Å². The Morgan fingerprint density at radius 3 is 2.41 bits per heavy atom. The Morgan fingerprint density at radius 1 is 1.03 bits per heavy atom. The van der Waals surface area contributed by atoms with Crippen LogP contribution in [0.4, 0.5) is 15.8 Å². The van der Waals surface area contributed by atoms with Crippen molar-refractivity contribution in [3.8, 4) is 0 Å². The van der Waals surface area contributed by atoms with E-state index in [0.29, 0.717) is 24.3 Å². The third-order valence-electron chi connectivity index (χ3n) is 5.64. The van der Waals surface area contributed by atoms with E-state index in [1.165, 1.54) is 18.2 Å². The zero-order valence-corrected chi connectivity index (χ0v) is 19.3. The predicted octanol–water partition coefficient (Wildman–Crippen LogP) is 3.92. The summed E-state index contributed by atoms with van der Waals surface area (Å²) >= 11 is 0. The van der Waals surface area contributed by atoms with E-state index in [4.69, 9.17) is 0 Å². The Morgan fingerprint density at radius 2 is 1.71 bits per heavy atom. The maximum Gasteiger partial charge on any atom is 0.262 e. The van der Waals surface area contributed by atoms with Crippen molar-refractivity contribution < 1.29 is 22.4 Å². The maximum atomic E-state index is 13.1. The lowest BCUT2D eigenvalue weighted by Gasteiger charge is -2.17. The summed E-state index contributed by atoms with van der Waals surface area (Å²) < 4.78 is 41.3. The molecule has 0 unspecified atom stereocenters. The van der Waals surface area contributed by atoms with Crippen molar-refractivity contribution in [1.82, 2.24) is 4.90 Å². The average Bonchev–Trinajstić information content (AvgIpc) is 3.17. The van der Waals surface area contributed by atoms with Crippen molar-refractivity contribution >= 4 is 33.2 Å². The summed E-state index contributed by atoms with van der Waals surface area (Å²) in [5.74, 6) is -1.45. The fraction of sp³-hybridized carbons (Fsp3) is 0.200. The predicted molar refractivity (Wildman–Crippen MR) is 127 cm³/mol. The Balaban J connectivity index is 1.45. The highest BCUT2D eigenvalue weighted by Crippen LogP contribution is 2.25. The van der Waals surface area contributed by atoms with Gasteiger partial charge in [-0.2, -0.15) is 0 Å². The summed E-state index contributed by atoms with van der Waals surface area (Å²) in [6.07, 6.45) is 0.0990. The first-order valence-corrected chi connectivity index (χ1v) is 12.2. The molecule has 9 heteroatoms. The first-order valence-electron chi connectivity index (χ1n) is 10.7. The molecule has 0 bridgehead atoms. The standard InChI is InChI=1S/C25H24FN3O4S/c1-17-7-10-22(14-23(17)34(32,33)28-21-11-8-20(26)9-12-21)27-25(31)19-13-24(30)29(16-19)15-18-5-3-2-4-6-18/h2-12,14,19,28H,13,15-16H2,1H3,(H,27,31)/t19-/m0/s1. The van der Waals surface area contributed by atoms with Gasteiger partial charge < -0.3 is 10.2 Å². The zero-order chi connectivity index (χ0) is 24.3. The number of aryl methyl sites for hydroxylation is 1. The van der Waals surface area contributed by atoms with Gasteiger partial charge in [-0.1, -0.05) is 36.4 Å². The number of anilines is 2. The number of nitrogens with zero attached hydrogens (tertiary/aromatic N) is 1. The van der Waals surface area contributed by atoms with E-state index in [-0.39, 0.29) is 28.8 Å². The summed E-state index contributed by atoms with van der Waals surface area (Å²) in [5.41, 5.74) is 2.00. The van der Waals surface area contributed by atoms with Crippen LogP contribution in [0.25, 0.3) is 0 Å². The molecule has 0 radical (unpaired) electrons. The molecule has 1 saturated heterocycles. The molecule has 0 aromatic heterocycles. The molecule has 2 N–H and O–H groups in total. The van der Waals surface area contributed by atoms with E-state index in [1.54, 1.807) is 24.0 Å². The lowest BCUT2D eigenvalue weighted by Crippen LogP contribution is -2.28. The minimum Gasteiger partial charge on any atom is -0.338 e. The Kier molecular flexibility index (Phi) is 6.65. The Hall–Kier alpha value is -3.72. The third-order valence-corrected chi connectivity index (χ3v) is 7.17. The summed E-state index contributed by atoms with van der Waals surface area (Å²) in [5, 5.41) is 2.74. The first kappa shape index (κ1) is 23.4. The summed E-state index contributed by atoms with van der Waals surface area (Å²) in [6, 6.07) is 19.1. The normalized spacial score (nSPS) is 15.9. The van der Waals surface area contributed by atoms with Gasteiger partial charge in [-0.25, -0.2) is 12.8 Å². The van der Waals surface area contributed by atoms with E-state index in [2.05, 4.69) is 10.0 Å². The molecule has 0 spiro atoms. The highest BCUT2D eigenvalue weighted by atomic mass is 32.2. The van der Waals surface area contributed by atoms with Crippen LogP contribution < -0.4 is 10.0 Å². The lowest BCUT2D eigenvalue weighted by molar-refractivity contribution is -0.128. The van der Waals surface area contributed by atoms with Crippen molar-refractivity contribution in [1.29, 1.82) is 0 Å². The average molecular weight is 482 g/mol. The highest BCUT2D eigenvalue weighted by molar-refractivity contribution is 7.92. The zero-order valence-electron chi connectivity index (χ0n) is 18.5. The molecule has 3 aromatic carbocycles. The molecule has 1 aliphatic heterocycles. The second kappa shape index (κ2) is 9.64. The molecule has 1 heterocycles.